The van der Waals surface area contributed by atoms with Crippen molar-refractivity contribution in [2.24, 2.45) is 7.05 Å². The molecule has 0 fully saturated rings. The third-order valence-corrected chi connectivity index (χ3v) is 4.50. The SMILES string of the molecule is Cc1ccc(C(=O)NNC(=O)c2csc(-c3cnn(C)c3)n2)c(C)c1. The van der Waals surface area contributed by atoms with Gasteiger partial charge in [0.05, 0.1) is 6.20 Å². The van der Waals surface area contributed by atoms with E-state index in [4.69, 9.17) is 0 Å². The molecule has 2 heterocycles. The summed E-state index contributed by atoms with van der Waals surface area (Å²) in [6.45, 7) is 3.81. The second-order valence-corrected chi connectivity index (χ2v) is 6.53. The van der Waals surface area contributed by atoms with Gasteiger partial charge in [0.15, 0.2) is 0 Å². The molecule has 8 heteroatoms. The molecule has 1 aromatic carbocycles. The maximum atomic E-state index is 12.2. The number of aromatic nitrogens is 3. The van der Waals surface area contributed by atoms with Crippen LogP contribution >= 0.6 is 11.3 Å². The minimum absolute atomic E-state index is 0.241. The molecule has 0 aliphatic rings. The van der Waals surface area contributed by atoms with Crippen LogP contribution in [0.3, 0.4) is 0 Å². The average molecular weight is 355 g/mol. The van der Waals surface area contributed by atoms with Crippen LogP contribution in [0.4, 0.5) is 0 Å². The monoisotopic (exact) mass is 355 g/mol. The molecule has 0 atom stereocenters. The van der Waals surface area contributed by atoms with Gasteiger partial charge in [-0.3, -0.25) is 25.1 Å². The van der Waals surface area contributed by atoms with Crippen LogP contribution in [0.5, 0.6) is 0 Å². The maximum Gasteiger partial charge on any atom is 0.289 e. The lowest BCUT2D eigenvalue weighted by Crippen LogP contribution is -2.42. The van der Waals surface area contributed by atoms with E-state index in [0.29, 0.717) is 10.6 Å². The summed E-state index contributed by atoms with van der Waals surface area (Å²) in [6, 6.07) is 5.50. The Labute approximate surface area is 148 Å². The molecule has 2 N–H and O–H groups in total. The molecule has 25 heavy (non-hydrogen) atoms. The quantitative estimate of drug-likeness (QED) is 0.705. The first-order chi connectivity index (χ1) is 11.9. The van der Waals surface area contributed by atoms with Gasteiger partial charge in [-0.1, -0.05) is 17.7 Å². The third kappa shape index (κ3) is 3.74. The van der Waals surface area contributed by atoms with Crippen molar-refractivity contribution >= 4 is 23.2 Å². The molecule has 0 unspecified atom stereocenters. The van der Waals surface area contributed by atoms with E-state index in [2.05, 4.69) is 20.9 Å². The van der Waals surface area contributed by atoms with Gasteiger partial charge in [0.2, 0.25) is 0 Å². The lowest BCUT2D eigenvalue weighted by Gasteiger charge is -2.08. The highest BCUT2D eigenvalue weighted by Gasteiger charge is 2.15. The Bertz CT molecular complexity index is 944. The largest absolute Gasteiger partial charge is 0.289 e. The Morgan fingerprint density at radius 3 is 2.60 bits per heavy atom. The van der Waals surface area contributed by atoms with Crippen molar-refractivity contribution < 1.29 is 9.59 Å². The summed E-state index contributed by atoms with van der Waals surface area (Å²) in [5.41, 5.74) is 8.33. The Hall–Kier alpha value is -3.00. The second kappa shape index (κ2) is 6.86. The van der Waals surface area contributed by atoms with Gasteiger partial charge in [-0.05, 0) is 25.5 Å². The average Bonchev–Trinajstić information content (AvgIpc) is 3.21. The number of hydrogen-bond acceptors (Lipinski definition) is 5. The Kier molecular flexibility index (Phi) is 4.62. The molecule has 128 valence electrons. The molecule has 2 aromatic heterocycles. The van der Waals surface area contributed by atoms with E-state index < -0.39 is 5.91 Å². The Morgan fingerprint density at radius 2 is 1.92 bits per heavy atom. The zero-order valence-corrected chi connectivity index (χ0v) is 14.8. The van der Waals surface area contributed by atoms with E-state index in [1.165, 1.54) is 11.3 Å². The zero-order valence-electron chi connectivity index (χ0n) is 14.0. The standard InChI is InChI=1S/C17H17N5O2S/c1-10-4-5-13(11(2)6-10)15(23)20-21-16(24)14-9-25-17(19-14)12-7-18-22(3)8-12/h4-9H,1-3H3,(H,20,23)(H,21,24). The van der Waals surface area contributed by atoms with E-state index in [1.54, 1.807) is 22.3 Å². The molecule has 2 amide bonds. The van der Waals surface area contributed by atoms with Gasteiger partial charge < -0.3 is 0 Å². The van der Waals surface area contributed by atoms with Crippen molar-refractivity contribution in [3.8, 4) is 10.6 Å². The van der Waals surface area contributed by atoms with Crippen molar-refractivity contribution in [1.82, 2.24) is 25.6 Å². The number of carbonyl (C=O) groups is 2. The predicted molar refractivity (Wildman–Crippen MR) is 95.2 cm³/mol. The zero-order chi connectivity index (χ0) is 18.0. The van der Waals surface area contributed by atoms with Gasteiger partial charge in [-0.2, -0.15) is 5.10 Å². The van der Waals surface area contributed by atoms with Gasteiger partial charge in [-0.15, -0.1) is 11.3 Å². The summed E-state index contributed by atoms with van der Waals surface area (Å²) in [6.07, 6.45) is 3.50. The first kappa shape index (κ1) is 16.8. The van der Waals surface area contributed by atoms with Crippen LogP contribution in [0.25, 0.3) is 10.6 Å². The van der Waals surface area contributed by atoms with Crippen LogP contribution < -0.4 is 10.9 Å². The molecule has 0 aliphatic carbocycles. The fourth-order valence-corrected chi connectivity index (χ4v) is 3.13. The summed E-state index contributed by atoms with van der Waals surface area (Å²) in [4.78, 5) is 28.6. The van der Waals surface area contributed by atoms with E-state index in [1.807, 2.05) is 39.2 Å². The topological polar surface area (TPSA) is 88.9 Å². The molecule has 0 saturated heterocycles. The number of aryl methyl sites for hydroxylation is 3. The molecular formula is C17H17N5O2S. The number of nitrogens with one attached hydrogen (secondary N) is 2. The van der Waals surface area contributed by atoms with E-state index in [0.717, 1.165) is 16.7 Å². The molecule has 0 bridgehead atoms. The van der Waals surface area contributed by atoms with Crippen molar-refractivity contribution in [2.75, 3.05) is 0 Å². The molecule has 0 radical (unpaired) electrons. The summed E-state index contributed by atoms with van der Waals surface area (Å²) in [7, 11) is 1.81. The van der Waals surface area contributed by atoms with Crippen molar-refractivity contribution in [2.45, 2.75) is 13.8 Å². The molecule has 3 rings (SSSR count). The van der Waals surface area contributed by atoms with Crippen LogP contribution in [-0.2, 0) is 7.05 Å². The fraction of sp³-hybridized carbons (Fsp3) is 0.176. The van der Waals surface area contributed by atoms with Gasteiger partial charge in [0.25, 0.3) is 11.8 Å². The number of thiazole rings is 1. The lowest BCUT2D eigenvalue weighted by atomic mass is 10.1. The number of hydrogen-bond donors (Lipinski definition) is 2. The Morgan fingerprint density at radius 1 is 1.16 bits per heavy atom. The highest BCUT2D eigenvalue weighted by atomic mass is 32.1. The van der Waals surface area contributed by atoms with E-state index >= 15 is 0 Å². The van der Waals surface area contributed by atoms with E-state index in [-0.39, 0.29) is 11.6 Å². The number of benzene rings is 1. The minimum Gasteiger partial charge on any atom is -0.275 e. The summed E-state index contributed by atoms with van der Waals surface area (Å²) in [5, 5.41) is 6.41. The van der Waals surface area contributed by atoms with Gasteiger partial charge in [0.1, 0.15) is 10.7 Å². The highest BCUT2D eigenvalue weighted by molar-refractivity contribution is 7.13. The summed E-state index contributed by atoms with van der Waals surface area (Å²) >= 11 is 1.34. The molecule has 3 aromatic rings. The van der Waals surface area contributed by atoms with Gasteiger partial charge in [0, 0.05) is 29.8 Å². The molecule has 7 nitrogen and oxygen atoms in total. The summed E-state index contributed by atoms with van der Waals surface area (Å²) in [5.74, 6) is -0.835. The Balaban J connectivity index is 1.64. The maximum absolute atomic E-state index is 12.2. The number of amides is 2. The number of rotatable bonds is 3. The number of nitrogens with zero attached hydrogens (tertiary/aromatic N) is 3. The van der Waals surface area contributed by atoms with E-state index in [9.17, 15) is 9.59 Å². The third-order valence-electron chi connectivity index (χ3n) is 3.60. The molecular weight excluding hydrogens is 338 g/mol. The normalized spacial score (nSPS) is 10.5. The second-order valence-electron chi connectivity index (χ2n) is 5.67. The van der Waals surface area contributed by atoms with Crippen LogP contribution in [0, 0.1) is 13.8 Å². The predicted octanol–water partition coefficient (Wildman–Crippen LogP) is 2.24. The summed E-state index contributed by atoms with van der Waals surface area (Å²) < 4.78 is 1.67. The van der Waals surface area contributed by atoms with Crippen LogP contribution in [0.2, 0.25) is 0 Å². The van der Waals surface area contributed by atoms with Crippen molar-refractivity contribution in [1.29, 1.82) is 0 Å². The van der Waals surface area contributed by atoms with Crippen LogP contribution in [0.1, 0.15) is 32.0 Å². The fourth-order valence-electron chi connectivity index (χ4n) is 2.36. The lowest BCUT2D eigenvalue weighted by molar-refractivity contribution is 0.0844. The highest BCUT2D eigenvalue weighted by Crippen LogP contribution is 2.22. The van der Waals surface area contributed by atoms with Gasteiger partial charge in [-0.25, -0.2) is 4.98 Å². The van der Waals surface area contributed by atoms with Crippen LogP contribution in [-0.4, -0.2) is 26.6 Å². The number of hydrazine groups is 1. The van der Waals surface area contributed by atoms with Crippen LogP contribution in [0.15, 0.2) is 36.0 Å². The minimum atomic E-state index is -0.468. The van der Waals surface area contributed by atoms with Crippen molar-refractivity contribution in [3.05, 3.63) is 58.4 Å². The molecule has 0 aliphatic heterocycles. The first-order valence-corrected chi connectivity index (χ1v) is 8.44. The molecule has 0 saturated carbocycles. The first-order valence-electron chi connectivity index (χ1n) is 7.56. The smallest absolute Gasteiger partial charge is 0.275 e. The van der Waals surface area contributed by atoms with Gasteiger partial charge >= 0.3 is 0 Å². The molecule has 0 spiro atoms. The number of carbonyl (C=O) groups excluding carboxylic acids is 2. The van der Waals surface area contributed by atoms with Crippen molar-refractivity contribution in [3.63, 3.8) is 0 Å².